The Kier molecular flexibility index (Phi) is 7.57. The van der Waals surface area contributed by atoms with Crippen LogP contribution in [-0.4, -0.2) is 21.7 Å². The topological polar surface area (TPSA) is 26.3 Å². The van der Waals surface area contributed by atoms with Crippen LogP contribution in [0.4, 0.5) is 4.39 Å². The molecule has 0 aromatic heterocycles. The largest absolute Gasteiger partial charge is 0.462 e. The summed E-state index contributed by atoms with van der Waals surface area (Å²) in [6.45, 7) is 13.5. The molecule has 4 aliphatic rings. The summed E-state index contributed by atoms with van der Waals surface area (Å²) >= 11 is 2.44. The monoisotopic (exact) mass is 574 g/mol. The lowest BCUT2D eigenvalue weighted by Crippen LogP contribution is -2.65. The highest BCUT2D eigenvalue weighted by atomic mass is 127. The summed E-state index contributed by atoms with van der Waals surface area (Å²) in [4.78, 5) is 11.6. The molecule has 4 rings (SSSR count). The van der Waals surface area contributed by atoms with Crippen LogP contribution in [0.2, 0.25) is 0 Å². The van der Waals surface area contributed by atoms with Crippen LogP contribution in [0.1, 0.15) is 112 Å². The number of esters is 1. The van der Waals surface area contributed by atoms with Crippen molar-refractivity contribution in [2.75, 3.05) is 0 Å². The zero-order chi connectivity index (χ0) is 24.2. The summed E-state index contributed by atoms with van der Waals surface area (Å²) in [5.74, 6) is 4.10. The molecule has 4 fully saturated rings. The molecule has 0 N–H and O–H groups in total. The number of hydrogen-bond acceptors (Lipinski definition) is 2. The molecular weight excluding hydrogens is 526 g/mol. The molecule has 0 spiro atoms. The Morgan fingerprint density at radius 1 is 1.06 bits per heavy atom. The molecule has 0 amide bonds. The molecule has 2 nitrogen and oxygen atoms in total. The maximum Gasteiger partial charge on any atom is 0.302 e. The number of carbonyl (C=O) groups is 1. The number of ether oxygens (including phenoxy) is 1. The highest BCUT2D eigenvalue weighted by molar-refractivity contribution is 14.1. The first-order chi connectivity index (χ1) is 15.4. The maximum atomic E-state index is 16.9. The number of alkyl halides is 2. The minimum atomic E-state index is -1.22. The SMILES string of the molecule is CC(=O)O[C@H]1CC[C@]2(C)[C@H]3CC[C@]4(C)[C@@H]([C@H](C)CCCC(C)C)CC[C@H]4[C@@H]3C[C@@H](I)[C@@]2(F)C1. The molecular formula is C29H48FIO2. The van der Waals surface area contributed by atoms with Crippen molar-refractivity contribution in [3.8, 4) is 0 Å². The fourth-order valence-electron chi connectivity index (χ4n) is 9.51. The maximum absolute atomic E-state index is 16.9. The van der Waals surface area contributed by atoms with Gasteiger partial charge < -0.3 is 4.74 Å². The van der Waals surface area contributed by atoms with Gasteiger partial charge in [0.05, 0.1) is 0 Å². The average Bonchev–Trinajstić information content (AvgIpc) is 3.07. The molecule has 10 atom stereocenters. The Balaban J connectivity index is 1.51. The van der Waals surface area contributed by atoms with E-state index in [9.17, 15) is 4.79 Å². The summed E-state index contributed by atoms with van der Waals surface area (Å²) in [5, 5.41) is 0. The third kappa shape index (κ3) is 4.43. The fourth-order valence-corrected chi connectivity index (χ4v) is 11.1. The van der Waals surface area contributed by atoms with E-state index < -0.39 is 5.67 Å². The van der Waals surface area contributed by atoms with Crippen molar-refractivity contribution in [3.05, 3.63) is 0 Å². The van der Waals surface area contributed by atoms with Crippen LogP contribution in [0.3, 0.4) is 0 Å². The van der Waals surface area contributed by atoms with Gasteiger partial charge >= 0.3 is 5.97 Å². The van der Waals surface area contributed by atoms with Gasteiger partial charge in [-0.1, -0.05) is 76.5 Å². The first-order valence-corrected chi connectivity index (χ1v) is 15.2. The molecule has 4 aliphatic carbocycles. The second-order valence-electron chi connectivity index (χ2n) is 13.4. The highest BCUT2D eigenvalue weighted by Crippen LogP contribution is 2.70. The predicted molar refractivity (Wildman–Crippen MR) is 142 cm³/mol. The van der Waals surface area contributed by atoms with E-state index in [-0.39, 0.29) is 21.4 Å². The summed E-state index contributed by atoms with van der Waals surface area (Å²) < 4.78 is 22.5. The molecule has 4 saturated carbocycles. The smallest absolute Gasteiger partial charge is 0.302 e. The van der Waals surface area contributed by atoms with Gasteiger partial charge in [-0.3, -0.25) is 4.79 Å². The molecule has 0 unspecified atom stereocenters. The zero-order valence-electron chi connectivity index (χ0n) is 22.0. The normalized spacial score (nSPS) is 48.0. The van der Waals surface area contributed by atoms with Crippen molar-refractivity contribution in [2.45, 2.75) is 128 Å². The zero-order valence-corrected chi connectivity index (χ0v) is 24.1. The third-order valence-electron chi connectivity index (χ3n) is 11.2. The molecule has 0 radical (unpaired) electrons. The van der Waals surface area contributed by atoms with Crippen LogP contribution < -0.4 is 0 Å². The van der Waals surface area contributed by atoms with Gasteiger partial charge in [0.2, 0.25) is 0 Å². The van der Waals surface area contributed by atoms with Crippen molar-refractivity contribution in [3.63, 3.8) is 0 Å². The van der Waals surface area contributed by atoms with Crippen molar-refractivity contribution >= 4 is 28.6 Å². The van der Waals surface area contributed by atoms with Gasteiger partial charge in [0.25, 0.3) is 0 Å². The lowest BCUT2D eigenvalue weighted by molar-refractivity contribution is -0.189. The summed E-state index contributed by atoms with van der Waals surface area (Å²) in [5.41, 5.74) is -1.06. The van der Waals surface area contributed by atoms with Crippen LogP contribution in [-0.2, 0) is 9.53 Å². The Labute approximate surface area is 216 Å². The van der Waals surface area contributed by atoms with Gasteiger partial charge in [0.1, 0.15) is 11.8 Å². The second kappa shape index (κ2) is 9.54. The Morgan fingerprint density at radius 3 is 2.45 bits per heavy atom. The summed E-state index contributed by atoms with van der Waals surface area (Å²) in [6, 6.07) is 0. The van der Waals surface area contributed by atoms with Crippen LogP contribution in [0.25, 0.3) is 0 Å². The van der Waals surface area contributed by atoms with Gasteiger partial charge in [-0.25, -0.2) is 4.39 Å². The molecule has 0 heterocycles. The van der Waals surface area contributed by atoms with Gasteiger partial charge in [0, 0.05) is 22.7 Å². The quantitative estimate of drug-likeness (QED) is 0.181. The number of halogens is 2. The molecule has 33 heavy (non-hydrogen) atoms. The van der Waals surface area contributed by atoms with Crippen LogP contribution in [0.15, 0.2) is 0 Å². The minimum absolute atomic E-state index is 0.0181. The molecule has 0 bridgehead atoms. The standard InChI is InChI=1S/C29H48FIO2/c1-18(2)8-7-9-19(3)23-10-11-24-22-16-26(31)29(30)17-21(33-20(4)32)12-15-28(29,6)25(22)13-14-27(23,24)5/h18-19,21-26H,7-17H2,1-6H3/t19-,21+,22+,23-,24+,25+,26-,27-,28-,29+/m1/s1. The van der Waals surface area contributed by atoms with E-state index in [0.717, 1.165) is 42.9 Å². The van der Waals surface area contributed by atoms with Gasteiger partial charge in [-0.15, -0.1) is 0 Å². The van der Waals surface area contributed by atoms with E-state index in [1.165, 1.54) is 51.9 Å². The first kappa shape index (κ1) is 26.2. The van der Waals surface area contributed by atoms with Crippen LogP contribution in [0, 0.1) is 46.3 Å². The van der Waals surface area contributed by atoms with Crippen LogP contribution in [0.5, 0.6) is 0 Å². The van der Waals surface area contributed by atoms with Gasteiger partial charge in [-0.05, 0) is 85.9 Å². The Hall–Kier alpha value is 0.130. The first-order valence-electron chi connectivity index (χ1n) is 13.9. The summed E-state index contributed by atoms with van der Waals surface area (Å²) in [7, 11) is 0. The van der Waals surface area contributed by atoms with E-state index in [1.54, 1.807) is 0 Å². The van der Waals surface area contributed by atoms with Crippen molar-refractivity contribution in [2.24, 2.45) is 46.3 Å². The molecule has 4 heteroatoms. The lowest BCUT2D eigenvalue weighted by atomic mass is 9.43. The van der Waals surface area contributed by atoms with Gasteiger partial charge in [-0.2, -0.15) is 0 Å². The Bertz CT molecular complexity index is 726. The Morgan fingerprint density at radius 2 is 1.79 bits per heavy atom. The van der Waals surface area contributed by atoms with Crippen LogP contribution >= 0.6 is 22.6 Å². The highest BCUT2D eigenvalue weighted by Gasteiger charge is 2.68. The average molecular weight is 575 g/mol. The molecule has 0 aromatic rings. The predicted octanol–water partition coefficient (Wildman–Crippen LogP) is 8.55. The number of hydrogen-bond donors (Lipinski definition) is 0. The van der Waals surface area contributed by atoms with E-state index in [2.05, 4.69) is 57.2 Å². The molecule has 0 aliphatic heterocycles. The lowest BCUT2D eigenvalue weighted by Gasteiger charge is -2.64. The van der Waals surface area contributed by atoms with E-state index >= 15 is 4.39 Å². The van der Waals surface area contributed by atoms with E-state index in [0.29, 0.717) is 23.7 Å². The minimum Gasteiger partial charge on any atom is -0.462 e. The third-order valence-corrected chi connectivity index (χ3v) is 12.7. The number of rotatable bonds is 6. The number of carbonyl (C=O) groups excluding carboxylic acids is 1. The molecule has 0 saturated heterocycles. The number of fused-ring (bicyclic) bond motifs is 5. The van der Waals surface area contributed by atoms with Crippen molar-refractivity contribution < 1.29 is 13.9 Å². The van der Waals surface area contributed by atoms with E-state index in [4.69, 9.17) is 4.74 Å². The van der Waals surface area contributed by atoms with E-state index in [1.807, 2.05) is 0 Å². The molecule has 190 valence electrons. The summed E-state index contributed by atoms with van der Waals surface area (Å²) in [6.07, 6.45) is 12.1. The second-order valence-corrected chi connectivity index (χ2v) is 14.9. The fraction of sp³-hybridized carbons (Fsp3) is 0.966. The van der Waals surface area contributed by atoms with Crippen molar-refractivity contribution in [1.82, 2.24) is 0 Å². The van der Waals surface area contributed by atoms with Gasteiger partial charge in [0.15, 0.2) is 0 Å². The van der Waals surface area contributed by atoms with Crippen molar-refractivity contribution in [1.29, 1.82) is 0 Å². The molecule has 0 aromatic carbocycles.